The Hall–Kier alpha value is -1.81. The molecular formula is C15H18N2OS. The topological polar surface area (TPSA) is 46.3 Å². The predicted octanol–water partition coefficient (Wildman–Crippen LogP) is 2.84. The maximum Gasteiger partial charge on any atom is 0.227 e. The molecule has 0 radical (unpaired) electrons. The number of likely N-dealkylation sites (N-methyl/N-ethyl adjacent to an activating group) is 1. The van der Waals surface area contributed by atoms with Gasteiger partial charge in [0.2, 0.25) is 5.91 Å². The fourth-order valence-electron chi connectivity index (χ4n) is 1.84. The minimum Gasteiger partial charge on any atom is -0.399 e. The van der Waals surface area contributed by atoms with Crippen LogP contribution in [-0.2, 0) is 17.8 Å². The van der Waals surface area contributed by atoms with E-state index in [-0.39, 0.29) is 5.91 Å². The lowest BCUT2D eigenvalue weighted by Crippen LogP contribution is -2.27. The third kappa shape index (κ3) is 3.83. The summed E-state index contributed by atoms with van der Waals surface area (Å²) in [4.78, 5) is 16.4. The van der Waals surface area contributed by atoms with E-state index in [9.17, 15) is 4.79 Å². The van der Waals surface area contributed by atoms with Crippen molar-refractivity contribution >= 4 is 22.9 Å². The van der Waals surface area contributed by atoms with Crippen molar-refractivity contribution in [2.75, 3.05) is 12.8 Å². The molecule has 1 aromatic heterocycles. The highest BCUT2D eigenvalue weighted by Gasteiger charge is 2.11. The van der Waals surface area contributed by atoms with Gasteiger partial charge in [-0.15, -0.1) is 11.3 Å². The summed E-state index contributed by atoms with van der Waals surface area (Å²) in [6.07, 6.45) is 0.418. The zero-order chi connectivity index (χ0) is 13.8. The standard InChI is InChI=1S/C15H18N2OS/c1-11-3-8-14(19-11)10-17(2)15(18)9-12-4-6-13(16)7-5-12/h3-8H,9-10,16H2,1-2H3. The number of nitrogens with zero attached hydrogens (tertiary/aromatic N) is 1. The first kappa shape index (κ1) is 13.6. The molecule has 0 atom stereocenters. The molecule has 0 saturated carbocycles. The van der Waals surface area contributed by atoms with E-state index >= 15 is 0 Å². The van der Waals surface area contributed by atoms with E-state index in [1.807, 2.05) is 31.3 Å². The van der Waals surface area contributed by atoms with Crippen molar-refractivity contribution in [2.24, 2.45) is 0 Å². The summed E-state index contributed by atoms with van der Waals surface area (Å²) in [5.41, 5.74) is 7.34. The van der Waals surface area contributed by atoms with Crippen molar-refractivity contribution in [3.05, 3.63) is 51.7 Å². The summed E-state index contributed by atoms with van der Waals surface area (Å²) in [7, 11) is 1.84. The average Bonchev–Trinajstić information content (AvgIpc) is 2.77. The first-order valence-electron chi connectivity index (χ1n) is 6.18. The Labute approximate surface area is 117 Å². The molecule has 0 unspecified atom stereocenters. The highest BCUT2D eigenvalue weighted by molar-refractivity contribution is 7.11. The lowest BCUT2D eigenvalue weighted by atomic mass is 10.1. The summed E-state index contributed by atoms with van der Waals surface area (Å²) in [5.74, 6) is 0.121. The van der Waals surface area contributed by atoms with Crippen LogP contribution in [0.1, 0.15) is 15.3 Å². The van der Waals surface area contributed by atoms with Gasteiger partial charge in [0.05, 0.1) is 13.0 Å². The van der Waals surface area contributed by atoms with Gasteiger partial charge in [0.25, 0.3) is 0 Å². The van der Waals surface area contributed by atoms with Gasteiger partial charge in [0.1, 0.15) is 0 Å². The van der Waals surface area contributed by atoms with Crippen LogP contribution in [0, 0.1) is 6.92 Å². The van der Waals surface area contributed by atoms with E-state index in [0.29, 0.717) is 13.0 Å². The molecule has 0 fully saturated rings. The van der Waals surface area contributed by atoms with Crippen LogP contribution < -0.4 is 5.73 Å². The molecule has 0 bridgehead atoms. The largest absolute Gasteiger partial charge is 0.399 e. The Morgan fingerprint density at radius 3 is 2.47 bits per heavy atom. The Balaban J connectivity index is 1.94. The smallest absolute Gasteiger partial charge is 0.227 e. The van der Waals surface area contributed by atoms with Crippen molar-refractivity contribution in [1.29, 1.82) is 0 Å². The third-order valence-corrected chi connectivity index (χ3v) is 3.94. The third-order valence-electron chi connectivity index (χ3n) is 2.95. The second-order valence-electron chi connectivity index (χ2n) is 4.68. The minimum atomic E-state index is 0.121. The van der Waals surface area contributed by atoms with Crippen LogP contribution in [0.5, 0.6) is 0 Å². The maximum absolute atomic E-state index is 12.1. The molecule has 0 aliphatic heterocycles. The Kier molecular flexibility index (Phi) is 4.22. The number of nitrogen functional groups attached to an aromatic ring is 1. The Bertz CT molecular complexity index is 560. The predicted molar refractivity (Wildman–Crippen MR) is 80.1 cm³/mol. The van der Waals surface area contributed by atoms with Crippen LogP contribution in [0.15, 0.2) is 36.4 Å². The number of thiophene rings is 1. The summed E-state index contributed by atoms with van der Waals surface area (Å²) < 4.78 is 0. The Morgan fingerprint density at radius 2 is 1.89 bits per heavy atom. The van der Waals surface area contributed by atoms with E-state index < -0.39 is 0 Å². The lowest BCUT2D eigenvalue weighted by Gasteiger charge is -2.16. The molecule has 2 aromatic rings. The van der Waals surface area contributed by atoms with Gasteiger partial charge in [-0.1, -0.05) is 12.1 Å². The van der Waals surface area contributed by atoms with Gasteiger partial charge in [-0.3, -0.25) is 4.79 Å². The van der Waals surface area contributed by atoms with Gasteiger partial charge >= 0.3 is 0 Å². The molecule has 1 amide bonds. The van der Waals surface area contributed by atoms with E-state index in [1.54, 1.807) is 16.2 Å². The van der Waals surface area contributed by atoms with E-state index in [0.717, 1.165) is 11.3 Å². The molecule has 1 heterocycles. The van der Waals surface area contributed by atoms with Gasteiger partial charge in [-0.05, 0) is 36.8 Å². The second kappa shape index (κ2) is 5.89. The van der Waals surface area contributed by atoms with Crippen molar-refractivity contribution in [3.63, 3.8) is 0 Å². The first-order chi connectivity index (χ1) is 9.04. The van der Waals surface area contributed by atoms with Crippen LogP contribution >= 0.6 is 11.3 Å². The summed E-state index contributed by atoms with van der Waals surface area (Å²) in [6, 6.07) is 11.6. The molecular weight excluding hydrogens is 256 g/mol. The molecule has 0 aliphatic rings. The number of anilines is 1. The summed E-state index contributed by atoms with van der Waals surface area (Å²) in [5, 5.41) is 0. The number of hydrogen-bond donors (Lipinski definition) is 1. The van der Waals surface area contributed by atoms with Gasteiger partial charge in [0.15, 0.2) is 0 Å². The zero-order valence-electron chi connectivity index (χ0n) is 11.2. The second-order valence-corrected chi connectivity index (χ2v) is 6.05. The van der Waals surface area contributed by atoms with Gasteiger partial charge in [0, 0.05) is 22.5 Å². The normalized spacial score (nSPS) is 10.4. The highest BCUT2D eigenvalue weighted by Crippen LogP contribution is 2.17. The highest BCUT2D eigenvalue weighted by atomic mass is 32.1. The molecule has 3 nitrogen and oxygen atoms in total. The lowest BCUT2D eigenvalue weighted by molar-refractivity contribution is -0.129. The van der Waals surface area contributed by atoms with Crippen molar-refractivity contribution < 1.29 is 4.79 Å². The SMILES string of the molecule is Cc1ccc(CN(C)C(=O)Cc2ccc(N)cc2)s1. The number of carbonyl (C=O) groups is 1. The zero-order valence-corrected chi connectivity index (χ0v) is 12.0. The van der Waals surface area contributed by atoms with Crippen molar-refractivity contribution in [1.82, 2.24) is 4.90 Å². The molecule has 0 spiro atoms. The van der Waals surface area contributed by atoms with E-state index in [4.69, 9.17) is 5.73 Å². The molecule has 1 aromatic carbocycles. The molecule has 2 N–H and O–H groups in total. The fourth-order valence-corrected chi connectivity index (χ4v) is 2.78. The van der Waals surface area contributed by atoms with Crippen LogP contribution in [0.3, 0.4) is 0 Å². The number of aryl methyl sites for hydroxylation is 1. The Morgan fingerprint density at radius 1 is 1.21 bits per heavy atom. The number of benzene rings is 1. The van der Waals surface area contributed by atoms with Crippen LogP contribution in [0.2, 0.25) is 0 Å². The van der Waals surface area contributed by atoms with Gasteiger partial charge in [-0.2, -0.15) is 0 Å². The van der Waals surface area contributed by atoms with Crippen LogP contribution in [-0.4, -0.2) is 17.9 Å². The molecule has 19 heavy (non-hydrogen) atoms. The molecule has 0 aliphatic carbocycles. The average molecular weight is 274 g/mol. The molecule has 2 rings (SSSR count). The van der Waals surface area contributed by atoms with Crippen LogP contribution in [0.25, 0.3) is 0 Å². The molecule has 100 valence electrons. The van der Waals surface area contributed by atoms with Gasteiger partial charge < -0.3 is 10.6 Å². The fraction of sp³-hybridized carbons (Fsp3) is 0.267. The number of nitrogens with two attached hydrogens (primary N) is 1. The number of amides is 1. The quantitative estimate of drug-likeness (QED) is 0.871. The number of hydrogen-bond acceptors (Lipinski definition) is 3. The number of carbonyl (C=O) groups excluding carboxylic acids is 1. The monoisotopic (exact) mass is 274 g/mol. The number of rotatable bonds is 4. The van der Waals surface area contributed by atoms with E-state index in [2.05, 4.69) is 19.1 Å². The summed E-state index contributed by atoms with van der Waals surface area (Å²) in [6.45, 7) is 2.75. The molecule has 0 saturated heterocycles. The van der Waals surface area contributed by atoms with Gasteiger partial charge in [-0.25, -0.2) is 0 Å². The van der Waals surface area contributed by atoms with Crippen molar-refractivity contribution in [2.45, 2.75) is 19.9 Å². The van der Waals surface area contributed by atoms with Crippen molar-refractivity contribution in [3.8, 4) is 0 Å². The maximum atomic E-state index is 12.1. The first-order valence-corrected chi connectivity index (χ1v) is 7.00. The minimum absolute atomic E-state index is 0.121. The molecule has 4 heteroatoms. The van der Waals surface area contributed by atoms with Crippen LogP contribution in [0.4, 0.5) is 5.69 Å². The summed E-state index contributed by atoms with van der Waals surface area (Å²) >= 11 is 1.73. The van der Waals surface area contributed by atoms with E-state index in [1.165, 1.54) is 9.75 Å².